The average molecular weight is 530 g/mol. The predicted octanol–water partition coefficient (Wildman–Crippen LogP) is 4.31. The van der Waals surface area contributed by atoms with E-state index in [1.165, 1.54) is 23.6 Å². The first kappa shape index (κ1) is 22.0. The number of rotatable bonds is 6. The topological polar surface area (TPSA) is 107 Å². The highest BCUT2D eigenvalue weighted by molar-refractivity contribution is 14.1. The van der Waals surface area contributed by atoms with Crippen molar-refractivity contribution in [3.8, 4) is 0 Å². The fraction of sp³-hybridized carbons (Fsp3) is 0.368. The van der Waals surface area contributed by atoms with E-state index in [9.17, 15) is 24.1 Å². The molecule has 0 saturated carbocycles. The van der Waals surface area contributed by atoms with Crippen LogP contribution in [0.1, 0.15) is 25.3 Å². The molecule has 0 spiro atoms. The Morgan fingerprint density at radius 3 is 2.77 bits per heavy atom. The van der Waals surface area contributed by atoms with E-state index in [0.717, 1.165) is 11.3 Å². The van der Waals surface area contributed by atoms with Crippen LogP contribution in [0.4, 0.5) is 32.1 Å². The lowest BCUT2D eigenvalue weighted by Crippen LogP contribution is -2.31. The number of pyridine rings is 1. The van der Waals surface area contributed by atoms with E-state index in [4.69, 9.17) is 4.74 Å². The number of anilines is 3. The lowest BCUT2D eigenvalue weighted by molar-refractivity contribution is -0.383. The molecule has 0 bridgehead atoms. The molecule has 0 fully saturated rings. The number of amides is 1. The first-order chi connectivity index (χ1) is 14.3. The minimum Gasteiger partial charge on any atom is -0.449 e. The molecule has 0 aliphatic carbocycles. The Hall–Kier alpha value is -2.70. The summed E-state index contributed by atoms with van der Waals surface area (Å²) in [6.07, 6.45) is 0.715. The minimum absolute atomic E-state index is 0.0129. The molecule has 1 aromatic carbocycles. The smallest absolute Gasteiger partial charge is 0.415 e. The van der Waals surface area contributed by atoms with E-state index in [1.807, 2.05) is 29.5 Å². The molecule has 1 aliphatic heterocycles. The van der Waals surface area contributed by atoms with Crippen LogP contribution in [0.15, 0.2) is 23.0 Å². The summed E-state index contributed by atoms with van der Waals surface area (Å²) in [7, 11) is 0. The number of benzene rings is 1. The van der Waals surface area contributed by atoms with Crippen molar-refractivity contribution >= 4 is 51.6 Å². The van der Waals surface area contributed by atoms with E-state index in [1.54, 1.807) is 6.07 Å². The number of halogens is 2. The summed E-state index contributed by atoms with van der Waals surface area (Å²) in [5, 5.41) is 14.7. The molecular weight excluding hydrogens is 510 g/mol. The van der Waals surface area contributed by atoms with Gasteiger partial charge < -0.3 is 10.1 Å². The summed E-state index contributed by atoms with van der Waals surface area (Å²) in [6, 6.07) is 4.33. The Labute approximate surface area is 185 Å². The largest absolute Gasteiger partial charge is 0.449 e. The molecule has 9 nitrogen and oxygen atoms in total. The molecule has 0 unspecified atom stereocenters. The fourth-order valence-electron chi connectivity index (χ4n) is 3.22. The number of nitrogens with one attached hydrogen (secondary N) is 1. The van der Waals surface area contributed by atoms with Crippen LogP contribution in [0.2, 0.25) is 0 Å². The molecule has 0 radical (unpaired) electrons. The molecule has 1 N–H and O–H groups in total. The summed E-state index contributed by atoms with van der Waals surface area (Å²) in [6.45, 7) is 3.72. The van der Waals surface area contributed by atoms with Gasteiger partial charge in [-0.1, -0.05) is 13.3 Å². The number of carbonyl (C=O) groups is 1. The quantitative estimate of drug-likeness (QED) is 0.258. The van der Waals surface area contributed by atoms with Crippen molar-refractivity contribution < 1.29 is 18.8 Å². The molecule has 2 heterocycles. The fourth-order valence-corrected chi connectivity index (χ4v) is 3.67. The van der Waals surface area contributed by atoms with Crippen molar-refractivity contribution in [1.82, 2.24) is 4.57 Å². The third-order valence-electron chi connectivity index (χ3n) is 4.77. The zero-order chi connectivity index (χ0) is 22.0. The van der Waals surface area contributed by atoms with Crippen LogP contribution in [0.5, 0.6) is 0 Å². The summed E-state index contributed by atoms with van der Waals surface area (Å²) >= 11 is 1.94. The van der Waals surface area contributed by atoms with Crippen molar-refractivity contribution in [2.75, 3.05) is 23.4 Å². The second-order valence-corrected chi connectivity index (χ2v) is 8.00. The number of fused-ring (bicyclic) bond motifs is 1. The third-order valence-corrected chi connectivity index (χ3v) is 5.44. The Kier molecular flexibility index (Phi) is 6.58. The summed E-state index contributed by atoms with van der Waals surface area (Å²) < 4.78 is 21.4. The maximum absolute atomic E-state index is 14.3. The van der Waals surface area contributed by atoms with Gasteiger partial charge in [0, 0.05) is 22.2 Å². The normalized spacial score (nSPS) is 12.6. The Morgan fingerprint density at radius 1 is 1.40 bits per heavy atom. The lowest BCUT2D eigenvalue weighted by atomic mass is 10.2. The molecule has 11 heteroatoms. The first-order valence-corrected chi connectivity index (χ1v) is 10.4. The monoisotopic (exact) mass is 530 g/mol. The van der Waals surface area contributed by atoms with Gasteiger partial charge in [0.15, 0.2) is 0 Å². The van der Waals surface area contributed by atoms with E-state index < -0.39 is 28.1 Å². The number of hydrogen-bond donors (Lipinski definition) is 1. The Balaban J connectivity index is 2.12. The number of aromatic nitrogens is 1. The number of carbonyl (C=O) groups excluding carboxylic acids is 1. The van der Waals surface area contributed by atoms with E-state index >= 15 is 0 Å². The predicted molar refractivity (Wildman–Crippen MR) is 118 cm³/mol. The maximum atomic E-state index is 14.3. The van der Waals surface area contributed by atoms with Gasteiger partial charge in [0.05, 0.1) is 17.2 Å². The third kappa shape index (κ3) is 4.11. The van der Waals surface area contributed by atoms with Crippen LogP contribution in [0, 0.1) is 26.4 Å². The van der Waals surface area contributed by atoms with Crippen LogP contribution < -0.4 is 15.8 Å². The molecule has 2 aromatic rings. The molecule has 1 amide bonds. The molecule has 30 heavy (non-hydrogen) atoms. The van der Waals surface area contributed by atoms with Crippen LogP contribution in [0.25, 0.3) is 0 Å². The molecule has 0 atom stereocenters. The number of nitrogens with zero attached hydrogens (tertiary/aromatic N) is 3. The standard InChI is InChI=1S/C19H20FIN4O5/c1-3-4-9-30-19(27)24-8-7-23-17(24)16(25(28)29)15(11(2)18(23)26)22-14-6-5-12(21)10-13(14)20/h5-6,10,22H,3-4,7-9H2,1-2H3. The molecule has 1 aromatic heterocycles. The Bertz CT molecular complexity index is 1070. The van der Waals surface area contributed by atoms with Crippen LogP contribution in [-0.4, -0.2) is 28.7 Å². The number of hydrogen-bond acceptors (Lipinski definition) is 6. The average Bonchev–Trinajstić information content (AvgIpc) is 3.12. The van der Waals surface area contributed by atoms with Crippen molar-refractivity contribution in [3.05, 3.63) is 53.6 Å². The van der Waals surface area contributed by atoms with Gasteiger partial charge in [-0.05, 0) is 54.1 Å². The zero-order valence-electron chi connectivity index (χ0n) is 16.4. The highest BCUT2D eigenvalue weighted by atomic mass is 127. The number of unbranched alkanes of at least 4 members (excludes halogenated alkanes) is 1. The van der Waals surface area contributed by atoms with Crippen molar-refractivity contribution in [2.24, 2.45) is 0 Å². The minimum atomic E-state index is -0.757. The van der Waals surface area contributed by atoms with Gasteiger partial charge in [0.1, 0.15) is 11.5 Å². The van der Waals surface area contributed by atoms with Gasteiger partial charge >= 0.3 is 11.8 Å². The molecular formula is C19H20FIN4O5. The second kappa shape index (κ2) is 8.98. The Morgan fingerprint density at radius 2 is 2.13 bits per heavy atom. The number of nitro groups is 1. The molecule has 1 aliphatic rings. The SMILES string of the molecule is CCCCOC(=O)N1CCn2c1c([N+](=O)[O-])c(Nc1ccc(I)cc1F)c(C)c2=O. The summed E-state index contributed by atoms with van der Waals surface area (Å²) in [5.74, 6) is -0.780. The summed E-state index contributed by atoms with van der Waals surface area (Å²) in [5.41, 5.74) is -1.07. The van der Waals surface area contributed by atoms with Crippen LogP contribution in [-0.2, 0) is 11.3 Å². The zero-order valence-corrected chi connectivity index (χ0v) is 18.6. The number of ether oxygens (including phenoxy) is 1. The van der Waals surface area contributed by atoms with Gasteiger partial charge in [0.25, 0.3) is 5.56 Å². The van der Waals surface area contributed by atoms with Crippen LogP contribution in [0.3, 0.4) is 0 Å². The van der Waals surface area contributed by atoms with Crippen molar-refractivity contribution in [1.29, 1.82) is 0 Å². The molecule has 3 rings (SSSR count). The maximum Gasteiger partial charge on any atom is 0.415 e. The molecule has 160 valence electrons. The summed E-state index contributed by atoms with van der Waals surface area (Å²) in [4.78, 5) is 37.7. The van der Waals surface area contributed by atoms with Gasteiger partial charge in [-0.2, -0.15) is 0 Å². The van der Waals surface area contributed by atoms with E-state index in [0.29, 0.717) is 9.99 Å². The van der Waals surface area contributed by atoms with E-state index in [2.05, 4.69) is 5.32 Å². The van der Waals surface area contributed by atoms with Crippen LogP contribution >= 0.6 is 22.6 Å². The molecule has 0 saturated heterocycles. The highest BCUT2D eigenvalue weighted by Gasteiger charge is 2.38. The van der Waals surface area contributed by atoms with Crippen molar-refractivity contribution in [2.45, 2.75) is 33.2 Å². The van der Waals surface area contributed by atoms with Gasteiger partial charge in [-0.25, -0.2) is 9.18 Å². The second-order valence-electron chi connectivity index (χ2n) is 6.75. The van der Waals surface area contributed by atoms with E-state index in [-0.39, 0.29) is 42.5 Å². The first-order valence-electron chi connectivity index (χ1n) is 9.34. The van der Waals surface area contributed by atoms with Gasteiger partial charge in [0.2, 0.25) is 5.82 Å². The van der Waals surface area contributed by atoms with Crippen molar-refractivity contribution in [3.63, 3.8) is 0 Å². The van der Waals surface area contributed by atoms with Gasteiger partial charge in [-0.15, -0.1) is 0 Å². The van der Waals surface area contributed by atoms with Gasteiger partial charge in [-0.3, -0.25) is 24.4 Å². The lowest BCUT2D eigenvalue weighted by Gasteiger charge is -2.19. The highest BCUT2D eigenvalue weighted by Crippen LogP contribution is 2.40.